The number of hydrogen-bond acceptors (Lipinski definition) is 2. The fourth-order valence-electron chi connectivity index (χ4n) is 3.06. The molecule has 0 radical (unpaired) electrons. The van der Waals surface area contributed by atoms with Crippen LogP contribution in [0.3, 0.4) is 0 Å². The summed E-state index contributed by atoms with van der Waals surface area (Å²) >= 11 is 0. The second kappa shape index (κ2) is 3.96. The molecule has 0 fully saturated rings. The molecule has 16 heavy (non-hydrogen) atoms. The van der Waals surface area contributed by atoms with Crippen LogP contribution in [-0.2, 0) is 6.54 Å². The third-order valence-electron chi connectivity index (χ3n) is 3.82. The van der Waals surface area contributed by atoms with Crippen LogP contribution in [0.1, 0.15) is 50.1 Å². The second-order valence-corrected chi connectivity index (χ2v) is 4.94. The highest BCUT2D eigenvalue weighted by molar-refractivity contribution is 5.36. The Hall–Kier alpha value is -1.25. The average molecular weight is 217 g/mol. The van der Waals surface area contributed by atoms with Crippen LogP contribution in [-0.4, -0.2) is 9.78 Å². The van der Waals surface area contributed by atoms with Crippen LogP contribution in [0.4, 0.5) is 5.82 Å². The van der Waals surface area contributed by atoms with Crippen LogP contribution in [0.15, 0.2) is 17.7 Å². The van der Waals surface area contributed by atoms with Crippen molar-refractivity contribution < 1.29 is 0 Å². The number of aromatic nitrogens is 2. The lowest BCUT2D eigenvalue weighted by molar-refractivity contribution is 0.439. The summed E-state index contributed by atoms with van der Waals surface area (Å²) in [4.78, 5) is 0. The van der Waals surface area contributed by atoms with Crippen LogP contribution in [0.5, 0.6) is 0 Å². The summed E-state index contributed by atoms with van der Waals surface area (Å²) in [6.07, 6.45) is 10.2. The molecule has 2 N–H and O–H groups in total. The molecule has 1 aliphatic heterocycles. The number of nitrogen functional groups attached to an aromatic ring is 1. The van der Waals surface area contributed by atoms with Crippen molar-refractivity contribution in [2.45, 2.75) is 51.0 Å². The number of hydrogen-bond donors (Lipinski definition) is 1. The smallest absolute Gasteiger partial charge is 0.145 e. The zero-order valence-corrected chi connectivity index (χ0v) is 9.65. The Bertz CT molecular complexity index is 417. The van der Waals surface area contributed by atoms with Crippen molar-refractivity contribution in [3.05, 3.63) is 23.4 Å². The summed E-state index contributed by atoms with van der Waals surface area (Å²) in [5.41, 5.74) is 8.77. The summed E-state index contributed by atoms with van der Waals surface area (Å²) in [6.45, 7) is 1.04. The lowest BCUT2D eigenvalue weighted by atomic mass is 9.83. The third-order valence-corrected chi connectivity index (χ3v) is 3.82. The van der Waals surface area contributed by atoms with E-state index in [0.29, 0.717) is 11.7 Å². The molecule has 3 nitrogen and oxygen atoms in total. The first-order valence-corrected chi connectivity index (χ1v) is 6.37. The van der Waals surface area contributed by atoms with Gasteiger partial charge in [-0.2, -0.15) is 5.10 Å². The molecule has 2 heterocycles. The Morgan fingerprint density at radius 1 is 1.31 bits per heavy atom. The van der Waals surface area contributed by atoms with E-state index in [1.807, 2.05) is 0 Å². The highest BCUT2D eigenvalue weighted by atomic mass is 15.3. The molecule has 0 amide bonds. The molecule has 1 unspecified atom stereocenters. The van der Waals surface area contributed by atoms with Gasteiger partial charge < -0.3 is 5.73 Å². The Labute approximate surface area is 96.3 Å². The fraction of sp³-hybridized carbons (Fsp3) is 0.615. The molecule has 1 aliphatic carbocycles. The maximum absolute atomic E-state index is 5.80. The standard InChI is InChI=1S/C13H19N3/c14-13-9-12-11(7-4-8-16(12)15-13)10-5-2-1-3-6-10/h5,9,11H,1-4,6-8H2,(H2,14,15). The number of aryl methyl sites for hydroxylation is 1. The Morgan fingerprint density at radius 2 is 2.25 bits per heavy atom. The number of nitrogens with two attached hydrogens (primary N) is 1. The van der Waals surface area contributed by atoms with Gasteiger partial charge in [0.05, 0.1) is 0 Å². The predicted octanol–water partition coefficient (Wildman–Crippen LogP) is 2.84. The molecule has 0 saturated carbocycles. The summed E-state index contributed by atoms with van der Waals surface area (Å²) in [5, 5.41) is 4.36. The van der Waals surface area contributed by atoms with Crippen molar-refractivity contribution in [2.75, 3.05) is 5.73 Å². The molecular formula is C13H19N3. The van der Waals surface area contributed by atoms with Crippen molar-refractivity contribution in [1.82, 2.24) is 9.78 Å². The minimum Gasteiger partial charge on any atom is -0.382 e. The molecule has 0 aromatic carbocycles. The van der Waals surface area contributed by atoms with Gasteiger partial charge in [-0.3, -0.25) is 4.68 Å². The molecule has 3 heteroatoms. The molecular weight excluding hydrogens is 198 g/mol. The molecule has 0 bridgehead atoms. The first kappa shape index (κ1) is 9.94. The van der Waals surface area contributed by atoms with Gasteiger partial charge in [-0.15, -0.1) is 0 Å². The maximum atomic E-state index is 5.80. The Morgan fingerprint density at radius 3 is 3.06 bits per heavy atom. The van der Waals surface area contributed by atoms with Gasteiger partial charge >= 0.3 is 0 Å². The molecule has 1 atom stereocenters. The minimum atomic E-state index is 0.596. The van der Waals surface area contributed by atoms with Crippen LogP contribution in [0.25, 0.3) is 0 Å². The first-order chi connectivity index (χ1) is 7.84. The normalized spacial score (nSPS) is 25.0. The second-order valence-electron chi connectivity index (χ2n) is 4.94. The van der Waals surface area contributed by atoms with Crippen LogP contribution in [0.2, 0.25) is 0 Å². The predicted molar refractivity (Wildman–Crippen MR) is 65.2 cm³/mol. The summed E-state index contributed by atoms with van der Waals surface area (Å²) in [5.74, 6) is 1.28. The van der Waals surface area contributed by atoms with Gasteiger partial charge in [0.1, 0.15) is 5.82 Å². The van der Waals surface area contributed by atoms with E-state index in [0.717, 1.165) is 6.54 Å². The van der Waals surface area contributed by atoms with Gasteiger partial charge in [-0.25, -0.2) is 0 Å². The zero-order valence-electron chi connectivity index (χ0n) is 9.65. The Balaban J connectivity index is 1.94. The minimum absolute atomic E-state index is 0.596. The SMILES string of the molecule is Nc1cc2n(n1)CCCC2C1=CCCCC1. The van der Waals surface area contributed by atoms with Gasteiger partial charge in [-0.1, -0.05) is 11.6 Å². The van der Waals surface area contributed by atoms with Crippen LogP contribution in [0, 0.1) is 0 Å². The van der Waals surface area contributed by atoms with E-state index in [1.165, 1.54) is 44.2 Å². The highest BCUT2D eigenvalue weighted by Crippen LogP contribution is 2.38. The van der Waals surface area contributed by atoms with E-state index in [-0.39, 0.29) is 0 Å². The maximum Gasteiger partial charge on any atom is 0.145 e. The summed E-state index contributed by atoms with van der Waals surface area (Å²) in [7, 11) is 0. The van der Waals surface area contributed by atoms with Crippen molar-refractivity contribution >= 4 is 5.82 Å². The summed E-state index contributed by atoms with van der Waals surface area (Å²) in [6, 6.07) is 2.07. The molecule has 86 valence electrons. The van der Waals surface area contributed by atoms with E-state index in [2.05, 4.69) is 21.9 Å². The van der Waals surface area contributed by atoms with Crippen LogP contribution < -0.4 is 5.73 Å². The number of allylic oxidation sites excluding steroid dienone is 2. The van der Waals surface area contributed by atoms with E-state index in [1.54, 1.807) is 5.57 Å². The van der Waals surface area contributed by atoms with Gasteiger partial charge in [0.25, 0.3) is 0 Å². The molecule has 1 aromatic heterocycles. The monoisotopic (exact) mass is 217 g/mol. The largest absolute Gasteiger partial charge is 0.382 e. The van der Waals surface area contributed by atoms with Crippen LogP contribution >= 0.6 is 0 Å². The fourth-order valence-corrected chi connectivity index (χ4v) is 3.06. The highest BCUT2D eigenvalue weighted by Gasteiger charge is 2.25. The lowest BCUT2D eigenvalue weighted by Crippen LogP contribution is -2.18. The van der Waals surface area contributed by atoms with Crippen molar-refractivity contribution in [3.63, 3.8) is 0 Å². The number of rotatable bonds is 1. The first-order valence-electron chi connectivity index (χ1n) is 6.37. The number of anilines is 1. The topological polar surface area (TPSA) is 43.8 Å². The van der Waals surface area contributed by atoms with Gasteiger partial charge in [0, 0.05) is 24.2 Å². The Kier molecular flexibility index (Phi) is 2.46. The zero-order chi connectivity index (χ0) is 11.0. The molecule has 2 aliphatic rings. The van der Waals surface area contributed by atoms with Crippen molar-refractivity contribution in [3.8, 4) is 0 Å². The average Bonchev–Trinajstić information content (AvgIpc) is 2.70. The molecule has 3 rings (SSSR count). The van der Waals surface area contributed by atoms with E-state index < -0.39 is 0 Å². The van der Waals surface area contributed by atoms with E-state index in [4.69, 9.17) is 5.73 Å². The molecule has 1 aromatic rings. The van der Waals surface area contributed by atoms with Gasteiger partial charge in [0.2, 0.25) is 0 Å². The third kappa shape index (κ3) is 1.64. The van der Waals surface area contributed by atoms with Gasteiger partial charge in [-0.05, 0) is 38.5 Å². The summed E-state index contributed by atoms with van der Waals surface area (Å²) < 4.78 is 2.11. The number of fused-ring (bicyclic) bond motifs is 1. The molecule has 0 saturated heterocycles. The quantitative estimate of drug-likeness (QED) is 0.735. The van der Waals surface area contributed by atoms with E-state index in [9.17, 15) is 0 Å². The van der Waals surface area contributed by atoms with Crippen molar-refractivity contribution in [2.24, 2.45) is 0 Å². The van der Waals surface area contributed by atoms with Crippen molar-refractivity contribution in [1.29, 1.82) is 0 Å². The lowest BCUT2D eigenvalue weighted by Gasteiger charge is -2.27. The van der Waals surface area contributed by atoms with Gasteiger partial charge in [0.15, 0.2) is 0 Å². The molecule has 0 spiro atoms. The number of nitrogens with zero attached hydrogens (tertiary/aromatic N) is 2. The van der Waals surface area contributed by atoms with E-state index >= 15 is 0 Å².